The van der Waals surface area contributed by atoms with Crippen molar-refractivity contribution in [3.05, 3.63) is 34.4 Å². The first-order valence-corrected chi connectivity index (χ1v) is 6.32. The Balaban J connectivity index is 2.71. The van der Waals surface area contributed by atoms with Crippen LogP contribution >= 0.6 is 0 Å². The molecule has 114 valence electrons. The number of anilines is 1. The van der Waals surface area contributed by atoms with Crippen LogP contribution in [0.15, 0.2) is 24.3 Å². The number of nitrogens with zero attached hydrogens (tertiary/aromatic N) is 1. The lowest BCUT2D eigenvalue weighted by molar-refractivity contribution is -0.383. The first-order valence-electron chi connectivity index (χ1n) is 6.32. The fourth-order valence-corrected chi connectivity index (χ4v) is 1.56. The van der Waals surface area contributed by atoms with E-state index in [1.165, 1.54) is 25.1 Å². The Morgan fingerprint density at radius 2 is 2.00 bits per heavy atom. The molecule has 0 aromatic heterocycles. The number of aliphatic carboxylic acids is 1. The van der Waals surface area contributed by atoms with Gasteiger partial charge in [-0.2, -0.15) is 0 Å². The highest BCUT2D eigenvalue weighted by Gasteiger charge is 2.31. The Morgan fingerprint density at radius 1 is 1.38 bits per heavy atom. The zero-order valence-corrected chi connectivity index (χ0v) is 11.8. The van der Waals surface area contributed by atoms with Crippen LogP contribution in [0.25, 0.3) is 0 Å². The van der Waals surface area contributed by atoms with Crippen molar-refractivity contribution in [3.8, 4) is 0 Å². The SMILES string of the molecule is CCC(C)(NCC(=O)Nc1ccccc1[N+](=O)[O-])C(=O)O. The number of hydrogen-bond donors (Lipinski definition) is 3. The number of carbonyl (C=O) groups excluding carboxylic acids is 1. The van der Waals surface area contributed by atoms with Gasteiger partial charge in [0.25, 0.3) is 5.69 Å². The van der Waals surface area contributed by atoms with Crippen molar-refractivity contribution in [2.24, 2.45) is 0 Å². The minimum atomic E-state index is -1.22. The number of rotatable bonds is 7. The van der Waals surface area contributed by atoms with Crippen molar-refractivity contribution >= 4 is 23.3 Å². The van der Waals surface area contributed by atoms with Crippen molar-refractivity contribution in [1.29, 1.82) is 0 Å². The Kier molecular flexibility index (Phi) is 5.37. The fourth-order valence-electron chi connectivity index (χ4n) is 1.56. The van der Waals surface area contributed by atoms with Gasteiger partial charge in [-0.15, -0.1) is 0 Å². The first kappa shape index (κ1) is 16.6. The first-order chi connectivity index (χ1) is 9.80. The van der Waals surface area contributed by atoms with Gasteiger partial charge in [-0.25, -0.2) is 0 Å². The molecule has 8 heteroatoms. The summed E-state index contributed by atoms with van der Waals surface area (Å²) >= 11 is 0. The number of carbonyl (C=O) groups is 2. The third-order valence-electron chi connectivity index (χ3n) is 3.19. The molecule has 3 N–H and O–H groups in total. The largest absolute Gasteiger partial charge is 0.480 e. The second-order valence-electron chi connectivity index (χ2n) is 4.67. The number of nitro benzene ring substituents is 1. The molecule has 1 atom stereocenters. The quantitative estimate of drug-likeness (QED) is 0.516. The lowest BCUT2D eigenvalue weighted by atomic mass is 9.99. The molecule has 0 radical (unpaired) electrons. The maximum atomic E-state index is 11.8. The van der Waals surface area contributed by atoms with E-state index in [1.54, 1.807) is 13.0 Å². The van der Waals surface area contributed by atoms with Crippen molar-refractivity contribution in [2.75, 3.05) is 11.9 Å². The standard InChI is InChI=1S/C13H17N3O5/c1-3-13(2,12(18)19)14-8-11(17)15-9-6-4-5-7-10(9)16(20)21/h4-7,14H,3,8H2,1-2H3,(H,15,17)(H,18,19). The zero-order chi connectivity index (χ0) is 16.0. The molecule has 0 fully saturated rings. The number of amides is 1. The lowest BCUT2D eigenvalue weighted by Crippen LogP contribution is -2.51. The summed E-state index contributed by atoms with van der Waals surface area (Å²) in [6.07, 6.45) is 0.293. The third kappa shape index (κ3) is 4.25. The Morgan fingerprint density at radius 3 is 2.52 bits per heavy atom. The number of hydrogen-bond acceptors (Lipinski definition) is 5. The van der Waals surface area contributed by atoms with Crippen LogP contribution in [0.2, 0.25) is 0 Å². The highest BCUT2D eigenvalue weighted by molar-refractivity contribution is 5.94. The number of nitrogens with one attached hydrogen (secondary N) is 2. The summed E-state index contributed by atoms with van der Waals surface area (Å²) in [5.74, 6) is -1.62. The van der Waals surface area contributed by atoms with Gasteiger partial charge in [0.2, 0.25) is 5.91 Å². The summed E-state index contributed by atoms with van der Waals surface area (Å²) in [4.78, 5) is 33.1. The predicted octanol–water partition coefficient (Wildman–Crippen LogP) is 1.38. The number of carboxylic acid groups (broad SMARTS) is 1. The summed E-state index contributed by atoms with van der Waals surface area (Å²) in [5, 5.41) is 24.9. The Hall–Kier alpha value is -2.48. The maximum Gasteiger partial charge on any atom is 0.323 e. The lowest BCUT2D eigenvalue weighted by Gasteiger charge is -2.24. The van der Waals surface area contributed by atoms with Crippen LogP contribution in [-0.2, 0) is 9.59 Å². The van der Waals surface area contributed by atoms with Crippen LogP contribution in [0.5, 0.6) is 0 Å². The minimum Gasteiger partial charge on any atom is -0.480 e. The monoisotopic (exact) mass is 295 g/mol. The van der Waals surface area contributed by atoms with E-state index in [9.17, 15) is 19.7 Å². The number of benzene rings is 1. The summed E-state index contributed by atoms with van der Waals surface area (Å²) in [5.41, 5.74) is -1.37. The van der Waals surface area contributed by atoms with Gasteiger partial charge in [-0.1, -0.05) is 19.1 Å². The molecular weight excluding hydrogens is 278 g/mol. The molecule has 0 heterocycles. The molecule has 1 unspecified atom stereocenters. The van der Waals surface area contributed by atoms with E-state index < -0.39 is 22.3 Å². The van der Waals surface area contributed by atoms with E-state index in [1.807, 2.05) is 0 Å². The molecule has 0 saturated carbocycles. The summed E-state index contributed by atoms with van der Waals surface area (Å²) < 4.78 is 0. The van der Waals surface area contributed by atoms with Gasteiger partial charge in [0.1, 0.15) is 11.2 Å². The van der Waals surface area contributed by atoms with E-state index >= 15 is 0 Å². The zero-order valence-electron chi connectivity index (χ0n) is 11.8. The minimum absolute atomic E-state index is 0.0721. The molecule has 0 aliphatic carbocycles. The van der Waals surface area contributed by atoms with Crippen molar-refractivity contribution in [2.45, 2.75) is 25.8 Å². The normalized spacial score (nSPS) is 13.2. The number of carboxylic acids is 1. The molecule has 1 amide bonds. The summed E-state index contributed by atoms with van der Waals surface area (Å²) in [7, 11) is 0. The van der Waals surface area contributed by atoms with Gasteiger partial charge < -0.3 is 10.4 Å². The second kappa shape index (κ2) is 6.80. The molecule has 1 rings (SSSR count). The Labute approximate surface area is 121 Å². The second-order valence-corrected chi connectivity index (χ2v) is 4.67. The van der Waals surface area contributed by atoms with E-state index in [2.05, 4.69) is 10.6 Å². The van der Waals surface area contributed by atoms with Gasteiger partial charge in [0, 0.05) is 6.07 Å². The van der Waals surface area contributed by atoms with Gasteiger partial charge >= 0.3 is 5.97 Å². The summed E-state index contributed by atoms with van der Waals surface area (Å²) in [6.45, 7) is 2.89. The van der Waals surface area contributed by atoms with Crippen LogP contribution in [0.1, 0.15) is 20.3 Å². The molecule has 0 aliphatic heterocycles. The molecule has 1 aromatic carbocycles. The van der Waals surface area contributed by atoms with Gasteiger partial charge in [-0.3, -0.25) is 25.0 Å². The van der Waals surface area contributed by atoms with E-state index in [0.717, 1.165) is 0 Å². The molecule has 1 aromatic rings. The van der Waals surface area contributed by atoms with Gasteiger partial charge in [0.15, 0.2) is 0 Å². The van der Waals surface area contributed by atoms with E-state index in [0.29, 0.717) is 6.42 Å². The smallest absolute Gasteiger partial charge is 0.323 e. The molecular formula is C13H17N3O5. The van der Waals surface area contributed by atoms with Crippen LogP contribution in [0, 0.1) is 10.1 Å². The molecule has 0 aliphatic rings. The van der Waals surface area contributed by atoms with Crippen LogP contribution in [-0.4, -0.2) is 34.0 Å². The predicted molar refractivity (Wildman–Crippen MR) is 76.1 cm³/mol. The fraction of sp³-hybridized carbons (Fsp3) is 0.385. The topological polar surface area (TPSA) is 122 Å². The van der Waals surface area contributed by atoms with Crippen LogP contribution in [0.4, 0.5) is 11.4 Å². The highest BCUT2D eigenvalue weighted by atomic mass is 16.6. The molecule has 0 bridgehead atoms. The average Bonchev–Trinajstić information content (AvgIpc) is 2.44. The van der Waals surface area contributed by atoms with E-state index in [-0.39, 0.29) is 17.9 Å². The molecule has 21 heavy (non-hydrogen) atoms. The third-order valence-corrected chi connectivity index (χ3v) is 3.19. The molecule has 0 saturated heterocycles. The number of nitro groups is 1. The van der Waals surface area contributed by atoms with Crippen molar-refractivity contribution in [3.63, 3.8) is 0 Å². The highest BCUT2D eigenvalue weighted by Crippen LogP contribution is 2.22. The Bertz CT molecular complexity index is 560. The summed E-state index contributed by atoms with van der Waals surface area (Å²) in [6, 6.07) is 5.73. The number of para-hydroxylation sites is 2. The van der Waals surface area contributed by atoms with Crippen LogP contribution < -0.4 is 10.6 Å². The molecule has 0 spiro atoms. The molecule has 8 nitrogen and oxygen atoms in total. The van der Waals surface area contributed by atoms with Gasteiger partial charge in [0.05, 0.1) is 11.5 Å². The van der Waals surface area contributed by atoms with Crippen LogP contribution in [0.3, 0.4) is 0 Å². The van der Waals surface area contributed by atoms with E-state index in [4.69, 9.17) is 5.11 Å². The van der Waals surface area contributed by atoms with Crippen molar-refractivity contribution < 1.29 is 19.6 Å². The average molecular weight is 295 g/mol. The maximum absolute atomic E-state index is 11.8. The van der Waals surface area contributed by atoms with Crippen molar-refractivity contribution in [1.82, 2.24) is 5.32 Å². The van der Waals surface area contributed by atoms with Gasteiger partial charge in [-0.05, 0) is 19.4 Å².